The number of nitrogens with zero attached hydrogens (tertiary/aromatic N) is 1. The fourth-order valence-corrected chi connectivity index (χ4v) is 0.782. The molecule has 0 spiro atoms. The predicted molar refractivity (Wildman–Crippen MR) is 43.9 cm³/mol. The van der Waals surface area contributed by atoms with Gasteiger partial charge in [-0.15, -0.1) is 0 Å². The first-order valence-electron chi connectivity index (χ1n) is 3.82. The Morgan fingerprint density at radius 2 is 2.30 bits per heavy atom. The van der Waals surface area contributed by atoms with Crippen molar-refractivity contribution in [3.63, 3.8) is 0 Å². The van der Waals surface area contributed by atoms with Gasteiger partial charge in [0.2, 0.25) is 0 Å². The molecule has 2 nitrogen and oxygen atoms in total. The van der Waals surface area contributed by atoms with Crippen LogP contribution in [0.15, 0.2) is 5.16 Å². The molecule has 0 aromatic heterocycles. The Morgan fingerprint density at radius 1 is 1.60 bits per heavy atom. The van der Waals surface area contributed by atoms with Crippen molar-refractivity contribution >= 4 is 6.21 Å². The molecule has 0 amide bonds. The van der Waals surface area contributed by atoms with E-state index in [1.54, 1.807) is 0 Å². The van der Waals surface area contributed by atoms with E-state index in [9.17, 15) is 0 Å². The standard InChI is InChI=1S/C8H16NO/c1-4-7-8(5-2)10-9-6-3/h6,8H,3-5,7H2,1-2H3. The van der Waals surface area contributed by atoms with Crippen molar-refractivity contribution in [2.24, 2.45) is 5.16 Å². The van der Waals surface area contributed by atoms with Crippen molar-refractivity contribution in [2.45, 2.75) is 39.2 Å². The van der Waals surface area contributed by atoms with E-state index in [2.05, 4.69) is 25.9 Å². The van der Waals surface area contributed by atoms with Gasteiger partial charge in [-0.1, -0.05) is 25.4 Å². The van der Waals surface area contributed by atoms with Crippen LogP contribution in [-0.2, 0) is 4.84 Å². The summed E-state index contributed by atoms with van der Waals surface area (Å²) in [5, 5.41) is 3.63. The van der Waals surface area contributed by atoms with E-state index in [1.165, 1.54) is 6.21 Å². The first-order chi connectivity index (χ1) is 4.85. The lowest BCUT2D eigenvalue weighted by atomic mass is 10.2. The highest BCUT2D eigenvalue weighted by Gasteiger charge is 2.02. The predicted octanol–water partition coefficient (Wildman–Crippen LogP) is 2.40. The van der Waals surface area contributed by atoms with Crippen LogP contribution in [0.2, 0.25) is 0 Å². The van der Waals surface area contributed by atoms with E-state index in [1.807, 2.05) is 0 Å². The smallest absolute Gasteiger partial charge is 0.127 e. The van der Waals surface area contributed by atoms with Gasteiger partial charge in [0.05, 0.1) is 0 Å². The molecule has 0 aliphatic rings. The molecule has 0 heterocycles. The fourth-order valence-electron chi connectivity index (χ4n) is 0.782. The number of rotatable bonds is 5. The summed E-state index contributed by atoms with van der Waals surface area (Å²) in [7, 11) is 0. The van der Waals surface area contributed by atoms with Crippen LogP contribution in [0.3, 0.4) is 0 Å². The summed E-state index contributed by atoms with van der Waals surface area (Å²) < 4.78 is 0. The molecule has 1 radical (unpaired) electrons. The van der Waals surface area contributed by atoms with Crippen molar-refractivity contribution in [2.75, 3.05) is 0 Å². The van der Waals surface area contributed by atoms with Crippen LogP contribution in [0.4, 0.5) is 0 Å². The number of oxime groups is 1. The zero-order chi connectivity index (χ0) is 7.82. The Bertz CT molecular complexity index is 91.3. The maximum Gasteiger partial charge on any atom is 0.127 e. The highest BCUT2D eigenvalue weighted by molar-refractivity contribution is 5.60. The van der Waals surface area contributed by atoms with Crippen LogP contribution in [-0.4, -0.2) is 12.3 Å². The summed E-state index contributed by atoms with van der Waals surface area (Å²) in [5.41, 5.74) is 0. The Labute approximate surface area is 63.3 Å². The van der Waals surface area contributed by atoms with Gasteiger partial charge in [-0.3, -0.25) is 0 Å². The minimum Gasteiger partial charge on any atom is -0.393 e. The normalized spacial score (nSPS) is 13.9. The topological polar surface area (TPSA) is 21.6 Å². The van der Waals surface area contributed by atoms with Crippen LogP contribution in [0.1, 0.15) is 33.1 Å². The minimum atomic E-state index is 0.281. The Balaban J connectivity index is 3.39. The van der Waals surface area contributed by atoms with Crippen LogP contribution < -0.4 is 0 Å². The highest BCUT2D eigenvalue weighted by atomic mass is 16.6. The molecule has 0 aromatic rings. The summed E-state index contributed by atoms with van der Waals surface area (Å²) in [6.45, 7) is 7.67. The van der Waals surface area contributed by atoms with Gasteiger partial charge >= 0.3 is 0 Å². The van der Waals surface area contributed by atoms with E-state index in [-0.39, 0.29) is 6.10 Å². The van der Waals surface area contributed by atoms with E-state index >= 15 is 0 Å². The van der Waals surface area contributed by atoms with Gasteiger partial charge in [0.1, 0.15) is 6.10 Å². The third-order valence-electron chi connectivity index (χ3n) is 1.35. The molecular weight excluding hydrogens is 126 g/mol. The molecule has 1 atom stereocenters. The van der Waals surface area contributed by atoms with Crippen LogP contribution in [0.25, 0.3) is 0 Å². The molecule has 2 heteroatoms. The van der Waals surface area contributed by atoms with E-state index in [0.29, 0.717) is 0 Å². The second-order valence-electron chi connectivity index (χ2n) is 2.21. The molecule has 0 N–H and O–H groups in total. The molecule has 0 saturated carbocycles. The van der Waals surface area contributed by atoms with Crippen molar-refractivity contribution in [1.29, 1.82) is 0 Å². The zero-order valence-corrected chi connectivity index (χ0v) is 6.84. The summed E-state index contributed by atoms with van der Waals surface area (Å²) in [4.78, 5) is 5.09. The van der Waals surface area contributed by atoms with Crippen molar-refractivity contribution < 1.29 is 4.84 Å². The third-order valence-corrected chi connectivity index (χ3v) is 1.35. The lowest BCUT2D eigenvalue weighted by Crippen LogP contribution is -2.07. The zero-order valence-electron chi connectivity index (χ0n) is 6.84. The van der Waals surface area contributed by atoms with E-state index in [4.69, 9.17) is 4.84 Å². The summed E-state index contributed by atoms with van der Waals surface area (Å²) in [6.07, 6.45) is 4.95. The molecule has 0 fully saturated rings. The number of hydrogen-bond donors (Lipinski definition) is 0. The largest absolute Gasteiger partial charge is 0.393 e. The van der Waals surface area contributed by atoms with Gasteiger partial charge in [0, 0.05) is 6.21 Å². The SMILES string of the molecule is [CH2]C=NOC(CC)CCC. The number of hydrogen-bond acceptors (Lipinski definition) is 2. The van der Waals surface area contributed by atoms with Crippen molar-refractivity contribution in [3.05, 3.63) is 6.92 Å². The van der Waals surface area contributed by atoms with Crippen LogP contribution >= 0.6 is 0 Å². The summed E-state index contributed by atoms with van der Waals surface area (Å²) in [5.74, 6) is 0. The lowest BCUT2D eigenvalue weighted by Gasteiger charge is -2.10. The van der Waals surface area contributed by atoms with Crippen molar-refractivity contribution in [3.8, 4) is 0 Å². The second kappa shape index (κ2) is 6.59. The first kappa shape index (κ1) is 9.47. The van der Waals surface area contributed by atoms with Gasteiger partial charge in [-0.05, 0) is 19.8 Å². The maximum atomic E-state index is 5.09. The molecule has 0 aliphatic heterocycles. The average molecular weight is 142 g/mol. The molecule has 0 aromatic carbocycles. The fraction of sp³-hybridized carbons (Fsp3) is 0.750. The average Bonchev–Trinajstić information content (AvgIpc) is 1.98. The molecule has 59 valence electrons. The van der Waals surface area contributed by atoms with Crippen LogP contribution in [0, 0.1) is 6.92 Å². The van der Waals surface area contributed by atoms with Gasteiger partial charge < -0.3 is 4.84 Å². The Kier molecular flexibility index (Phi) is 6.24. The van der Waals surface area contributed by atoms with E-state index in [0.717, 1.165) is 19.3 Å². The third kappa shape index (κ3) is 4.36. The maximum absolute atomic E-state index is 5.09. The molecular formula is C8H16NO. The summed E-state index contributed by atoms with van der Waals surface area (Å²) in [6, 6.07) is 0. The molecule has 0 rings (SSSR count). The minimum absolute atomic E-state index is 0.281. The monoisotopic (exact) mass is 142 g/mol. The van der Waals surface area contributed by atoms with Gasteiger partial charge in [-0.2, -0.15) is 0 Å². The van der Waals surface area contributed by atoms with Crippen molar-refractivity contribution in [1.82, 2.24) is 0 Å². The van der Waals surface area contributed by atoms with Gasteiger partial charge in [0.15, 0.2) is 0 Å². The molecule has 1 unspecified atom stereocenters. The molecule has 0 saturated heterocycles. The van der Waals surface area contributed by atoms with E-state index < -0.39 is 0 Å². The lowest BCUT2D eigenvalue weighted by molar-refractivity contribution is 0.0510. The molecule has 0 aliphatic carbocycles. The molecule has 0 bridgehead atoms. The van der Waals surface area contributed by atoms with Gasteiger partial charge in [-0.25, -0.2) is 0 Å². The second-order valence-corrected chi connectivity index (χ2v) is 2.21. The summed E-state index contributed by atoms with van der Waals surface area (Å²) >= 11 is 0. The quantitative estimate of drug-likeness (QED) is 0.426. The highest BCUT2D eigenvalue weighted by Crippen LogP contribution is 2.05. The Morgan fingerprint density at radius 3 is 2.70 bits per heavy atom. The first-order valence-corrected chi connectivity index (χ1v) is 3.82. The Hall–Kier alpha value is -0.530. The van der Waals surface area contributed by atoms with Crippen LogP contribution in [0.5, 0.6) is 0 Å². The van der Waals surface area contributed by atoms with Gasteiger partial charge in [0.25, 0.3) is 0 Å². The molecule has 10 heavy (non-hydrogen) atoms.